The van der Waals surface area contributed by atoms with Crippen LogP contribution in [0.25, 0.3) is 0 Å². The first-order chi connectivity index (χ1) is 8.54. The molecule has 1 aliphatic heterocycles. The fourth-order valence-corrected chi connectivity index (χ4v) is 2.35. The summed E-state index contributed by atoms with van der Waals surface area (Å²) in [6.07, 6.45) is 0.147. The number of aryl methyl sites for hydroxylation is 1. The van der Waals surface area contributed by atoms with Crippen LogP contribution in [0.1, 0.15) is 17.5 Å². The molecule has 1 aromatic rings. The summed E-state index contributed by atoms with van der Waals surface area (Å²) in [5.74, 6) is -1.02. The molecule has 3 N–H and O–H groups in total. The molecule has 1 aliphatic rings. The van der Waals surface area contributed by atoms with Gasteiger partial charge in [0.05, 0.1) is 18.2 Å². The molecular weight excluding hydrogens is 232 g/mol. The van der Waals surface area contributed by atoms with Crippen molar-refractivity contribution >= 4 is 17.5 Å². The van der Waals surface area contributed by atoms with Crippen LogP contribution in [0.5, 0.6) is 0 Å². The van der Waals surface area contributed by atoms with Gasteiger partial charge in [-0.15, -0.1) is 0 Å². The molecule has 5 heteroatoms. The van der Waals surface area contributed by atoms with Gasteiger partial charge in [0.15, 0.2) is 0 Å². The van der Waals surface area contributed by atoms with Crippen molar-refractivity contribution in [3.8, 4) is 0 Å². The van der Waals surface area contributed by atoms with Gasteiger partial charge in [-0.2, -0.15) is 0 Å². The van der Waals surface area contributed by atoms with E-state index in [9.17, 15) is 14.7 Å². The Labute approximate surface area is 105 Å². The molecule has 0 aromatic heterocycles. The molecule has 1 fully saturated rings. The number of hydrogen-bond acceptors (Lipinski definition) is 3. The van der Waals surface area contributed by atoms with Gasteiger partial charge in [-0.05, 0) is 12.5 Å². The molecule has 2 rings (SSSR count). The van der Waals surface area contributed by atoms with Gasteiger partial charge < -0.3 is 15.7 Å². The van der Waals surface area contributed by atoms with Gasteiger partial charge in [0.2, 0.25) is 11.8 Å². The summed E-state index contributed by atoms with van der Waals surface area (Å²) >= 11 is 0. The normalized spacial score (nSPS) is 19.3. The summed E-state index contributed by atoms with van der Waals surface area (Å²) in [6.45, 7) is 2.04. The molecule has 5 nitrogen and oxygen atoms in total. The lowest BCUT2D eigenvalue weighted by molar-refractivity contribution is -0.123. The lowest BCUT2D eigenvalue weighted by atomic mass is 10.1. The van der Waals surface area contributed by atoms with Crippen molar-refractivity contribution in [2.45, 2.75) is 20.0 Å². The van der Waals surface area contributed by atoms with E-state index in [4.69, 9.17) is 5.73 Å². The van der Waals surface area contributed by atoms with Crippen molar-refractivity contribution in [2.75, 3.05) is 11.4 Å². The largest absolute Gasteiger partial charge is 0.392 e. The third kappa shape index (κ3) is 2.09. The Morgan fingerprint density at radius 1 is 1.56 bits per heavy atom. The van der Waals surface area contributed by atoms with E-state index in [2.05, 4.69) is 0 Å². The van der Waals surface area contributed by atoms with Crippen LogP contribution in [0.15, 0.2) is 18.2 Å². The van der Waals surface area contributed by atoms with Crippen molar-refractivity contribution in [2.24, 2.45) is 11.7 Å². The second-order valence-electron chi connectivity index (χ2n) is 4.55. The lowest BCUT2D eigenvalue weighted by Crippen LogP contribution is -2.29. The quantitative estimate of drug-likeness (QED) is 0.808. The van der Waals surface area contributed by atoms with Crippen LogP contribution in [0.4, 0.5) is 5.69 Å². The SMILES string of the molecule is Cc1cccc(CO)c1N1CC(C(N)=O)CC1=O. The number of carbonyl (C=O) groups excluding carboxylic acids is 2. The molecule has 96 valence electrons. The van der Waals surface area contributed by atoms with Crippen LogP contribution in [0.3, 0.4) is 0 Å². The van der Waals surface area contributed by atoms with E-state index in [1.165, 1.54) is 0 Å². The van der Waals surface area contributed by atoms with Crippen molar-refractivity contribution in [1.82, 2.24) is 0 Å². The highest BCUT2D eigenvalue weighted by Crippen LogP contribution is 2.31. The van der Waals surface area contributed by atoms with E-state index in [1.54, 1.807) is 11.0 Å². The molecule has 0 aliphatic carbocycles. The first-order valence-electron chi connectivity index (χ1n) is 5.83. The van der Waals surface area contributed by atoms with Crippen molar-refractivity contribution < 1.29 is 14.7 Å². The van der Waals surface area contributed by atoms with E-state index in [-0.39, 0.29) is 18.9 Å². The highest BCUT2D eigenvalue weighted by Gasteiger charge is 2.35. The Hall–Kier alpha value is -1.88. The monoisotopic (exact) mass is 248 g/mol. The number of nitrogens with zero attached hydrogens (tertiary/aromatic N) is 1. The molecule has 1 atom stereocenters. The van der Waals surface area contributed by atoms with Crippen LogP contribution in [-0.4, -0.2) is 23.5 Å². The van der Waals surface area contributed by atoms with Gasteiger partial charge in [0.1, 0.15) is 0 Å². The Morgan fingerprint density at radius 2 is 2.28 bits per heavy atom. The highest BCUT2D eigenvalue weighted by atomic mass is 16.3. The number of rotatable bonds is 3. The molecule has 2 amide bonds. The van der Waals surface area contributed by atoms with Crippen molar-refractivity contribution in [1.29, 1.82) is 0 Å². The number of primary amides is 1. The molecule has 1 saturated heterocycles. The van der Waals surface area contributed by atoms with Gasteiger partial charge in [0.25, 0.3) is 0 Å². The fourth-order valence-electron chi connectivity index (χ4n) is 2.35. The first kappa shape index (κ1) is 12.6. The number of amides is 2. The average molecular weight is 248 g/mol. The zero-order valence-electron chi connectivity index (χ0n) is 10.2. The predicted molar refractivity (Wildman–Crippen MR) is 66.8 cm³/mol. The van der Waals surface area contributed by atoms with Crippen LogP contribution in [-0.2, 0) is 16.2 Å². The number of nitrogens with two attached hydrogens (primary N) is 1. The number of benzene rings is 1. The Kier molecular flexibility index (Phi) is 3.34. The summed E-state index contributed by atoms with van der Waals surface area (Å²) in [5, 5.41) is 9.33. The molecule has 0 spiro atoms. The Morgan fingerprint density at radius 3 is 2.83 bits per heavy atom. The second-order valence-corrected chi connectivity index (χ2v) is 4.55. The van der Waals surface area contributed by atoms with Gasteiger partial charge in [-0.1, -0.05) is 18.2 Å². The summed E-state index contributed by atoms with van der Waals surface area (Å²) in [4.78, 5) is 24.7. The molecule has 0 bridgehead atoms. The van der Waals surface area contributed by atoms with Crippen LogP contribution >= 0.6 is 0 Å². The maximum atomic E-state index is 11.9. The van der Waals surface area contributed by atoms with Gasteiger partial charge in [0, 0.05) is 18.5 Å². The lowest BCUT2D eigenvalue weighted by Gasteiger charge is -2.21. The molecule has 18 heavy (non-hydrogen) atoms. The number of aliphatic hydroxyl groups is 1. The maximum Gasteiger partial charge on any atom is 0.227 e. The van der Waals surface area contributed by atoms with Gasteiger partial charge in [-0.3, -0.25) is 9.59 Å². The van der Waals surface area contributed by atoms with E-state index >= 15 is 0 Å². The van der Waals surface area contributed by atoms with Crippen LogP contribution < -0.4 is 10.6 Å². The number of aliphatic hydroxyl groups excluding tert-OH is 1. The zero-order chi connectivity index (χ0) is 13.3. The molecular formula is C13H16N2O3. The number of hydrogen-bond donors (Lipinski definition) is 2. The number of anilines is 1. The third-order valence-electron chi connectivity index (χ3n) is 3.29. The summed E-state index contributed by atoms with van der Waals surface area (Å²) in [6, 6.07) is 5.48. The van der Waals surface area contributed by atoms with Crippen molar-refractivity contribution in [3.63, 3.8) is 0 Å². The highest BCUT2D eigenvalue weighted by molar-refractivity contribution is 6.01. The maximum absolute atomic E-state index is 11.9. The molecule has 1 unspecified atom stereocenters. The average Bonchev–Trinajstić information content (AvgIpc) is 2.71. The Bertz CT molecular complexity index is 499. The second kappa shape index (κ2) is 4.78. The summed E-state index contributed by atoms with van der Waals surface area (Å²) < 4.78 is 0. The standard InChI is InChI=1S/C13H16N2O3/c1-8-3-2-4-9(7-16)12(8)15-6-10(13(14)18)5-11(15)17/h2-4,10,16H,5-7H2,1H3,(H2,14,18). The predicted octanol–water partition coefficient (Wildman–Crippen LogP) is 0.326. The topological polar surface area (TPSA) is 83.6 Å². The first-order valence-corrected chi connectivity index (χ1v) is 5.83. The zero-order valence-corrected chi connectivity index (χ0v) is 10.2. The minimum atomic E-state index is -0.454. The van der Waals surface area contributed by atoms with Crippen LogP contribution in [0.2, 0.25) is 0 Å². The van der Waals surface area contributed by atoms with Crippen molar-refractivity contribution in [3.05, 3.63) is 29.3 Å². The molecule has 0 saturated carbocycles. The summed E-state index contributed by atoms with van der Waals surface area (Å²) in [7, 11) is 0. The number of para-hydroxylation sites is 1. The summed E-state index contributed by atoms with van der Waals surface area (Å²) in [5.41, 5.74) is 7.54. The van der Waals surface area contributed by atoms with E-state index < -0.39 is 11.8 Å². The van der Waals surface area contributed by atoms with E-state index in [1.807, 2.05) is 19.1 Å². The smallest absolute Gasteiger partial charge is 0.227 e. The van der Waals surface area contributed by atoms with Crippen LogP contribution in [0, 0.1) is 12.8 Å². The minimum Gasteiger partial charge on any atom is -0.392 e. The Balaban J connectivity index is 2.38. The van der Waals surface area contributed by atoms with E-state index in [0.29, 0.717) is 17.8 Å². The number of carbonyl (C=O) groups is 2. The van der Waals surface area contributed by atoms with Gasteiger partial charge in [-0.25, -0.2) is 0 Å². The third-order valence-corrected chi connectivity index (χ3v) is 3.29. The molecule has 1 aromatic carbocycles. The molecule has 0 radical (unpaired) electrons. The minimum absolute atomic E-state index is 0.122. The van der Waals surface area contributed by atoms with Gasteiger partial charge >= 0.3 is 0 Å². The fraction of sp³-hybridized carbons (Fsp3) is 0.385. The molecule has 1 heterocycles. The van der Waals surface area contributed by atoms with E-state index in [0.717, 1.165) is 5.56 Å².